The van der Waals surface area contributed by atoms with Gasteiger partial charge in [-0.25, -0.2) is 0 Å². The Balaban J connectivity index is 1.89. The van der Waals surface area contributed by atoms with Crippen LogP contribution in [0.15, 0.2) is 12.1 Å². The summed E-state index contributed by atoms with van der Waals surface area (Å²) in [6.45, 7) is 1.18. The van der Waals surface area contributed by atoms with E-state index in [9.17, 15) is 0 Å². The minimum atomic E-state index is 0.673. The van der Waals surface area contributed by atoms with E-state index >= 15 is 0 Å². The van der Waals surface area contributed by atoms with Gasteiger partial charge in [-0.1, -0.05) is 24.4 Å². The van der Waals surface area contributed by atoms with Crippen LogP contribution in [0.4, 0.5) is 0 Å². The lowest BCUT2D eigenvalue weighted by Crippen LogP contribution is -2.29. The standard InChI is InChI=1S/C11H16ClNS/c12-11-6-5-10(14-11)8-9-4-2-1-3-7-13-9/h5-6,9,13H,1-4,7-8H2. The fraction of sp³-hybridized carbons (Fsp3) is 0.636. The zero-order valence-corrected chi connectivity index (χ0v) is 9.83. The van der Waals surface area contributed by atoms with Gasteiger partial charge in [-0.05, 0) is 37.9 Å². The molecule has 1 N–H and O–H groups in total. The van der Waals surface area contributed by atoms with Crippen molar-refractivity contribution in [3.63, 3.8) is 0 Å². The summed E-state index contributed by atoms with van der Waals surface area (Å²) in [6.07, 6.45) is 6.56. The van der Waals surface area contributed by atoms with Crippen LogP contribution in [0.3, 0.4) is 0 Å². The first-order chi connectivity index (χ1) is 6.84. The lowest BCUT2D eigenvalue weighted by molar-refractivity contribution is 0.510. The Hall–Kier alpha value is -0.0500. The van der Waals surface area contributed by atoms with E-state index in [2.05, 4.69) is 11.4 Å². The van der Waals surface area contributed by atoms with Crippen LogP contribution in [0.1, 0.15) is 30.6 Å². The van der Waals surface area contributed by atoms with Crippen LogP contribution in [0, 0.1) is 0 Å². The third kappa shape index (κ3) is 2.97. The van der Waals surface area contributed by atoms with E-state index in [0.717, 1.165) is 10.8 Å². The molecule has 1 atom stereocenters. The first-order valence-electron chi connectivity index (χ1n) is 5.32. The summed E-state index contributed by atoms with van der Waals surface area (Å²) < 4.78 is 0.911. The van der Waals surface area contributed by atoms with E-state index in [-0.39, 0.29) is 0 Å². The maximum atomic E-state index is 5.91. The Morgan fingerprint density at radius 3 is 3.07 bits per heavy atom. The van der Waals surface area contributed by atoms with E-state index in [1.807, 2.05) is 6.07 Å². The molecule has 2 heterocycles. The maximum absolute atomic E-state index is 5.91. The zero-order chi connectivity index (χ0) is 9.80. The van der Waals surface area contributed by atoms with Crippen LogP contribution in [0.25, 0.3) is 0 Å². The molecule has 0 amide bonds. The third-order valence-electron chi connectivity index (χ3n) is 2.74. The predicted octanol–water partition coefficient (Wildman–Crippen LogP) is 3.48. The fourth-order valence-electron chi connectivity index (χ4n) is 1.98. The van der Waals surface area contributed by atoms with Crippen LogP contribution >= 0.6 is 22.9 Å². The highest BCUT2D eigenvalue weighted by molar-refractivity contribution is 7.16. The second-order valence-corrected chi connectivity index (χ2v) is 5.71. The molecule has 0 aromatic carbocycles. The monoisotopic (exact) mass is 229 g/mol. The molecule has 1 aliphatic rings. The van der Waals surface area contributed by atoms with Gasteiger partial charge in [0.2, 0.25) is 0 Å². The van der Waals surface area contributed by atoms with E-state index < -0.39 is 0 Å². The Labute approximate surface area is 94.5 Å². The highest BCUT2D eigenvalue weighted by Gasteiger charge is 2.12. The molecule has 1 fully saturated rings. The Kier molecular flexibility index (Phi) is 3.85. The first-order valence-corrected chi connectivity index (χ1v) is 6.51. The lowest BCUT2D eigenvalue weighted by Gasteiger charge is -2.13. The van der Waals surface area contributed by atoms with Crippen molar-refractivity contribution in [2.24, 2.45) is 0 Å². The molecule has 3 heteroatoms. The Morgan fingerprint density at radius 2 is 2.29 bits per heavy atom. The highest BCUT2D eigenvalue weighted by atomic mass is 35.5. The van der Waals surface area contributed by atoms with Crippen LogP contribution in [0.5, 0.6) is 0 Å². The average molecular weight is 230 g/mol. The van der Waals surface area contributed by atoms with Gasteiger partial charge in [0, 0.05) is 10.9 Å². The van der Waals surface area contributed by atoms with Gasteiger partial charge in [0.15, 0.2) is 0 Å². The summed E-state index contributed by atoms with van der Waals surface area (Å²) >= 11 is 7.62. The number of hydrogen-bond acceptors (Lipinski definition) is 2. The van der Waals surface area contributed by atoms with E-state index in [0.29, 0.717) is 6.04 Å². The molecule has 0 radical (unpaired) electrons. The predicted molar refractivity (Wildman–Crippen MR) is 63.3 cm³/mol. The van der Waals surface area contributed by atoms with Crippen LogP contribution in [-0.4, -0.2) is 12.6 Å². The molecule has 0 saturated carbocycles. The molecule has 78 valence electrons. The minimum absolute atomic E-state index is 0.673. The summed E-state index contributed by atoms with van der Waals surface area (Å²) in [4.78, 5) is 1.41. The van der Waals surface area contributed by atoms with Gasteiger partial charge < -0.3 is 5.32 Å². The van der Waals surface area contributed by atoms with E-state index in [4.69, 9.17) is 11.6 Å². The summed E-state index contributed by atoms with van der Waals surface area (Å²) in [7, 11) is 0. The second kappa shape index (κ2) is 5.15. The molecule has 0 aliphatic carbocycles. The van der Waals surface area contributed by atoms with Crippen molar-refractivity contribution >= 4 is 22.9 Å². The minimum Gasteiger partial charge on any atom is -0.314 e. The van der Waals surface area contributed by atoms with Crippen molar-refractivity contribution < 1.29 is 0 Å². The molecule has 2 rings (SSSR count). The summed E-state index contributed by atoms with van der Waals surface area (Å²) in [5.74, 6) is 0. The van der Waals surface area contributed by atoms with Crippen molar-refractivity contribution in [2.45, 2.75) is 38.1 Å². The van der Waals surface area contributed by atoms with Crippen molar-refractivity contribution in [1.29, 1.82) is 0 Å². The third-order valence-corrected chi connectivity index (χ3v) is 3.99. The van der Waals surface area contributed by atoms with Crippen molar-refractivity contribution in [2.75, 3.05) is 6.54 Å². The molecule has 1 aromatic heterocycles. The van der Waals surface area contributed by atoms with Crippen molar-refractivity contribution in [1.82, 2.24) is 5.32 Å². The zero-order valence-electron chi connectivity index (χ0n) is 8.26. The maximum Gasteiger partial charge on any atom is 0.0931 e. The van der Waals surface area contributed by atoms with Gasteiger partial charge in [-0.3, -0.25) is 0 Å². The topological polar surface area (TPSA) is 12.0 Å². The van der Waals surface area contributed by atoms with Gasteiger partial charge in [-0.15, -0.1) is 11.3 Å². The molecule has 1 nitrogen and oxygen atoms in total. The van der Waals surface area contributed by atoms with Crippen LogP contribution < -0.4 is 5.32 Å². The number of nitrogens with one attached hydrogen (secondary N) is 1. The fourth-order valence-corrected chi connectivity index (χ4v) is 3.15. The Bertz CT molecular complexity index is 277. The number of thiophene rings is 1. The largest absolute Gasteiger partial charge is 0.314 e. The number of halogens is 1. The van der Waals surface area contributed by atoms with E-state index in [1.165, 1.54) is 37.1 Å². The molecule has 1 saturated heterocycles. The summed E-state index contributed by atoms with van der Waals surface area (Å²) in [6, 6.07) is 4.82. The molecule has 14 heavy (non-hydrogen) atoms. The molecular formula is C11H16ClNS. The highest BCUT2D eigenvalue weighted by Crippen LogP contribution is 2.23. The van der Waals surface area contributed by atoms with Gasteiger partial charge in [0.05, 0.1) is 4.34 Å². The number of rotatable bonds is 2. The lowest BCUT2D eigenvalue weighted by atomic mass is 10.1. The van der Waals surface area contributed by atoms with Gasteiger partial charge >= 0.3 is 0 Å². The van der Waals surface area contributed by atoms with Crippen LogP contribution in [0.2, 0.25) is 4.34 Å². The average Bonchev–Trinajstić information content (AvgIpc) is 2.43. The first kappa shape index (κ1) is 10.5. The molecule has 1 unspecified atom stereocenters. The van der Waals surface area contributed by atoms with E-state index in [1.54, 1.807) is 11.3 Å². The van der Waals surface area contributed by atoms with Crippen molar-refractivity contribution in [3.8, 4) is 0 Å². The molecule has 1 aliphatic heterocycles. The summed E-state index contributed by atoms with van der Waals surface area (Å²) in [5.41, 5.74) is 0. The molecule has 0 bridgehead atoms. The molecule has 0 spiro atoms. The second-order valence-electron chi connectivity index (χ2n) is 3.91. The molecule has 1 aromatic rings. The SMILES string of the molecule is Clc1ccc(CC2CCCCCN2)s1. The normalized spacial score (nSPS) is 23.4. The van der Waals surface area contributed by atoms with Gasteiger partial charge in [-0.2, -0.15) is 0 Å². The quantitative estimate of drug-likeness (QED) is 0.819. The Morgan fingerprint density at radius 1 is 1.36 bits per heavy atom. The number of hydrogen-bond donors (Lipinski definition) is 1. The van der Waals surface area contributed by atoms with Gasteiger partial charge in [0.1, 0.15) is 0 Å². The van der Waals surface area contributed by atoms with Crippen molar-refractivity contribution in [3.05, 3.63) is 21.3 Å². The smallest absolute Gasteiger partial charge is 0.0931 e. The van der Waals surface area contributed by atoms with Crippen LogP contribution in [-0.2, 0) is 6.42 Å². The molecular weight excluding hydrogens is 214 g/mol. The van der Waals surface area contributed by atoms with Gasteiger partial charge in [0.25, 0.3) is 0 Å². The summed E-state index contributed by atoms with van der Waals surface area (Å²) in [5, 5.41) is 3.60.